The van der Waals surface area contributed by atoms with E-state index in [1.807, 2.05) is 23.9 Å². The maximum Gasteiger partial charge on any atom is 0.404 e. The molecule has 0 bridgehead atoms. The molecule has 2 aromatic rings. The molecule has 0 spiro atoms. The summed E-state index contributed by atoms with van der Waals surface area (Å²) >= 11 is 1.52. The monoisotopic (exact) mass is 509 g/mol. The number of nitro benzene ring substituents is 1. The molecule has 12 heteroatoms. The SMILES string of the molecule is CN(C)Cc1nc2c(N3C[C@H](NC(=O)O)C[C@H]3CO[Si](C)(C)C(C)(C)C)c([N+](=O)[O-])ccc2s1. The fourth-order valence-corrected chi connectivity index (χ4v) is 6.06. The molecule has 1 amide bonds. The van der Waals surface area contributed by atoms with E-state index in [1.54, 1.807) is 6.07 Å². The molecule has 2 N–H and O–H groups in total. The van der Waals surface area contributed by atoms with E-state index in [9.17, 15) is 20.0 Å². The van der Waals surface area contributed by atoms with Crippen molar-refractivity contribution >= 4 is 47.3 Å². The Morgan fingerprint density at radius 3 is 2.65 bits per heavy atom. The van der Waals surface area contributed by atoms with Gasteiger partial charge < -0.3 is 24.6 Å². The van der Waals surface area contributed by atoms with Crippen molar-refractivity contribution in [2.24, 2.45) is 0 Å². The lowest BCUT2D eigenvalue weighted by atomic mass is 10.1. The van der Waals surface area contributed by atoms with Crippen molar-refractivity contribution in [2.45, 2.75) is 64.0 Å². The number of carboxylic acid groups (broad SMARTS) is 1. The van der Waals surface area contributed by atoms with Crippen LogP contribution in [0.3, 0.4) is 0 Å². The summed E-state index contributed by atoms with van der Waals surface area (Å²) in [5.41, 5.74) is 1.01. The fourth-order valence-electron chi connectivity index (χ4n) is 3.93. The normalized spacial score (nSPS) is 19.2. The van der Waals surface area contributed by atoms with Gasteiger partial charge in [-0.3, -0.25) is 10.1 Å². The van der Waals surface area contributed by atoms with E-state index in [-0.39, 0.29) is 27.7 Å². The average molecular weight is 510 g/mol. The van der Waals surface area contributed by atoms with E-state index in [0.29, 0.717) is 37.3 Å². The molecule has 0 radical (unpaired) electrons. The quantitative estimate of drug-likeness (QED) is 0.303. The second-order valence-electron chi connectivity index (χ2n) is 10.6. The highest BCUT2D eigenvalue weighted by atomic mass is 32.1. The first-order valence-electron chi connectivity index (χ1n) is 11.3. The molecule has 0 unspecified atom stereocenters. The van der Waals surface area contributed by atoms with Crippen molar-refractivity contribution in [3.8, 4) is 0 Å². The molecule has 0 aliphatic carbocycles. The molecule has 0 saturated carbocycles. The van der Waals surface area contributed by atoms with Gasteiger partial charge in [0.25, 0.3) is 5.69 Å². The molecule has 34 heavy (non-hydrogen) atoms. The topological polar surface area (TPSA) is 121 Å². The molecular weight excluding hydrogens is 474 g/mol. The molecule has 1 fully saturated rings. The zero-order valence-electron chi connectivity index (χ0n) is 20.9. The largest absolute Gasteiger partial charge is 0.465 e. The van der Waals surface area contributed by atoms with Gasteiger partial charge in [-0.1, -0.05) is 20.8 Å². The number of nitrogens with one attached hydrogen (secondary N) is 1. The molecular formula is C22H35N5O5SSi. The lowest BCUT2D eigenvalue weighted by Gasteiger charge is -2.38. The zero-order chi connectivity index (χ0) is 25.4. The van der Waals surface area contributed by atoms with Gasteiger partial charge in [-0.2, -0.15) is 0 Å². The van der Waals surface area contributed by atoms with E-state index >= 15 is 0 Å². The Hall–Kier alpha value is -2.28. The van der Waals surface area contributed by atoms with Crippen LogP contribution in [0, 0.1) is 10.1 Å². The molecule has 1 aliphatic heterocycles. The molecule has 2 heterocycles. The minimum Gasteiger partial charge on any atom is -0.465 e. The first-order chi connectivity index (χ1) is 15.7. The van der Waals surface area contributed by atoms with Crippen molar-refractivity contribution in [2.75, 3.05) is 32.1 Å². The highest BCUT2D eigenvalue weighted by Crippen LogP contribution is 2.42. The lowest BCUT2D eigenvalue weighted by molar-refractivity contribution is -0.384. The van der Waals surface area contributed by atoms with Gasteiger partial charge in [0, 0.05) is 19.2 Å². The molecule has 188 valence electrons. The number of thiazole rings is 1. The van der Waals surface area contributed by atoms with E-state index in [2.05, 4.69) is 39.2 Å². The molecule has 1 aromatic heterocycles. The Kier molecular flexibility index (Phi) is 7.56. The number of amides is 1. The lowest BCUT2D eigenvalue weighted by Crippen LogP contribution is -2.45. The van der Waals surface area contributed by atoms with E-state index in [0.717, 1.165) is 9.71 Å². The van der Waals surface area contributed by atoms with Crippen LogP contribution in [-0.4, -0.2) is 73.7 Å². The summed E-state index contributed by atoms with van der Waals surface area (Å²) in [5.74, 6) is 0. The number of hydrogen-bond donors (Lipinski definition) is 2. The predicted octanol–water partition coefficient (Wildman–Crippen LogP) is 4.50. The second kappa shape index (κ2) is 9.76. The molecule has 2 atom stereocenters. The average Bonchev–Trinajstić information content (AvgIpc) is 3.26. The summed E-state index contributed by atoms with van der Waals surface area (Å²) in [4.78, 5) is 31.7. The third-order valence-electron chi connectivity index (χ3n) is 6.68. The van der Waals surface area contributed by atoms with Crippen LogP contribution in [0.2, 0.25) is 18.1 Å². The third kappa shape index (κ3) is 5.67. The van der Waals surface area contributed by atoms with Gasteiger partial charge >= 0.3 is 6.09 Å². The van der Waals surface area contributed by atoms with Crippen molar-refractivity contribution in [3.63, 3.8) is 0 Å². The summed E-state index contributed by atoms with van der Waals surface area (Å²) in [5, 5.41) is 24.8. The van der Waals surface area contributed by atoms with Crippen LogP contribution in [0.25, 0.3) is 10.2 Å². The Morgan fingerprint density at radius 1 is 1.41 bits per heavy atom. The number of fused-ring (bicyclic) bond motifs is 1. The zero-order valence-corrected chi connectivity index (χ0v) is 22.7. The fraction of sp³-hybridized carbons (Fsp3) is 0.636. The molecule has 1 aromatic carbocycles. The molecule has 10 nitrogen and oxygen atoms in total. The summed E-state index contributed by atoms with van der Waals surface area (Å²) in [6.07, 6.45) is -0.603. The minimum atomic E-state index is -2.08. The van der Waals surface area contributed by atoms with Crippen LogP contribution < -0.4 is 10.2 Å². The van der Waals surface area contributed by atoms with Crippen LogP contribution in [0.15, 0.2) is 12.1 Å². The highest BCUT2D eigenvalue weighted by Gasteiger charge is 2.42. The van der Waals surface area contributed by atoms with E-state index in [1.165, 1.54) is 17.4 Å². The number of anilines is 1. The van der Waals surface area contributed by atoms with Gasteiger partial charge in [-0.05, 0) is 44.7 Å². The van der Waals surface area contributed by atoms with Gasteiger partial charge in [0.2, 0.25) is 0 Å². The summed E-state index contributed by atoms with van der Waals surface area (Å²) in [7, 11) is 1.82. The number of nitro groups is 1. The number of hydrogen-bond acceptors (Lipinski definition) is 8. The Bertz CT molecular complexity index is 1070. The van der Waals surface area contributed by atoms with Crippen LogP contribution in [0.5, 0.6) is 0 Å². The van der Waals surface area contributed by atoms with Gasteiger partial charge in [-0.25, -0.2) is 9.78 Å². The second-order valence-corrected chi connectivity index (χ2v) is 16.6. The first-order valence-corrected chi connectivity index (χ1v) is 15.0. The number of rotatable bonds is 8. The molecule has 3 rings (SSSR count). The van der Waals surface area contributed by atoms with Crippen LogP contribution in [0.1, 0.15) is 32.2 Å². The molecule has 1 aliphatic rings. The third-order valence-corrected chi connectivity index (χ3v) is 12.2. The number of benzene rings is 1. The van der Waals surface area contributed by atoms with Gasteiger partial charge in [0.15, 0.2) is 8.32 Å². The van der Waals surface area contributed by atoms with E-state index < -0.39 is 14.4 Å². The van der Waals surface area contributed by atoms with Crippen LogP contribution in [0.4, 0.5) is 16.2 Å². The number of aromatic nitrogens is 1. The summed E-state index contributed by atoms with van der Waals surface area (Å²) < 4.78 is 7.35. The van der Waals surface area contributed by atoms with Crippen molar-refractivity contribution in [1.29, 1.82) is 0 Å². The Balaban J connectivity index is 2.05. The van der Waals surface area contributed by atoms with Crippen molar-refractivity contribution in [1.82, 2.24) is 15.2 Å². The Morgan fingerprint density at radius 2 is 2.09 bits per heavy atom. The van der Waals surface area contributed by atoms with Crippen molar-refractivity contribution in [3.05, 3.63) is 27.3 Å². The standard InChI is InChI=1S/C22H35N5O5SSi/c1-22(2,3)34(6,7)32-13-15-10-14(23-21(28)29)11-26(15)20-16(27(30)31)8-9-17-19(20)24-18(33-17)12-25(4)5/h8-9,14-15,23H,10-13H2,1-7H3,(H,28,29)/t14-,15+/m1/s1. The summed E-state index contributed by atoms with van der Waals surface area (Å²) in [6.45, 7) is 12.1. The number of carbonyl (C=O) groups is 1. The highest BCUT2D eigenvalue weighted by molar-refractivity contribution is 7.18. The van der Waals surface area contributed by atoms with Gasteiger partial charge in [-0.15, -0.1) is 11.3 Å². The maximum absolute atomic E-state index is 12.0. The first kappa shape index (κ1) is 26.3. The number of nitrogens with zero attached hydrogens (tertiary/aromatic N) is 4. The van der Waals surface area contributed by atoms with E-state index in [4.69, 9.17) is 9.41 Å². The smallest absolute Gasteiger partial charge is 0.404 e. The van der Waals surface area contributed by atoms with Crippen LogP contribution in [-0.2, 0) is 11.0 Å². The van der Waals surface area contributed by atoms with Gasteiger partial charge in [0.1, 0.15) is 16.2 Å². The van der Waals surface area contributed by atoms with Crippen molar-refractivity contribution < 1.29 is 19.3 Å². The van der Waals surface area contributed by atoms with Gasteiger partial charge in [0.05, 0.1) is 28.3 Å². The van der Waals surface area contributed by atoms with Crippen LogP contribution >= 0.6 is 11.3 Å². The predicted molar refractivity (Wildman–Crippen MR) is 138 cm³/mol. The Labute approximate surface area is 205 Å². The minimum absolute atomic E-state index is 0.0111. The summed E-state index contributed by atoms with van der Waals surface area (Å²) in [6, 6.07) is 2.70. The maximum atomic E-state index is 12.0. The molecule has 1 saturated heterocycles.